The van der Waals surface area contributed by atoms with E-state index in [0.717, 1.165) is 0 Å². The fourth-order valence-electron chi connectivity index (χ4n) is 0.706. The van der Waals surface area contributed by atoms with E-state index in [1.807, 2.05) is 0 Å². The minimum Gasteiger partial charge on any atom is -0.432 e. The smallest absolute Gasteiger partial charge is 0.387 e. The highest BCUT2D eigenvalue weighted by Crippen LogP contribution is 2.38. The van der Waals surface area contributed by atoms with Gasteiger partial charge in [0.25, 0.3) is 0 Å². The summed E-state index contributed by atoms with van der Waals surface area (Å²) in [5.74, 6) is -0.215. The van der Waals surface area contributed by atoms with E-state index in [0.29, 0.717) is 4.47 Å². The van der Waals surface area contributed by atoms with Gasteiger partial charge in [-0.05, 0) is 28.1 Å². The van der Waals surface area contributed by atoms with Gasteiger partial charge in [0.15, 0.2) is 5.75 Å². The molecule has 0 unspecified atom stereocenters. The van der Waals surface area contributed by atoms with Gasteiger partial charge in [0, 0.05) is 4.47 Å². The molecule has 0 heterocycles. The third-order valence-electron chi connectivity index (χ3n) is 1.21. The van der Waals surface area contributed by atoms with Gasteiger partial charge in [-0.2, -0.15) is 8.78 Å². The molecule has 0 fully saturated rings. The van der Waals surface area contributed by atoms with Gasteiger partial charge in [0.2, 0.25) is 0 Å². The number of hydrogen-bond acceptors (Lipinski definition) is 1. The molecule has 0 radical (unpaired) electrons. The van der Waals surface area contributed by atoms with Gasteiger partial charge < -0.3 is 4.74 Å². The van der Waals surface area contributed by atoms with Crippen LogP contribution in [0.15, 0.2) is 16.6 Å². The maximum absolute atomic E-state index is 11.9. The first-order valence-corrected chi connectivity index (χ1v) is 4.65. The highest BCUT2D eigenvalue weighted by molar-refractivity contribution is 9.10. The molecule has 72 valence electrons. The number of ether oxygens (including phenoxy) is 1. The summed E-state index contributed by atoms with van der Waals surface area (Å²) in [5, 5.41) is 0.0845. The van der Waals surface area contributed by atoms with Crippen molar-refractivity contribution >= 4 is 39.1 Å². The van der Waals surface area contributed by atoms with Crippen LogP contribution in [0.5, 0.6) is 5.75 Å². The molecular weight excluding hydrogens is 289 g/mol. The van der Waals surface area contributed by atoms with Crippen LogP contribution in [0.4, 0.5) is 8.78 Å². The highest BCUT2D eigenvalue weighted by Gasteiger charge is 2.14. The predicted molar refractivity (Wildman–Crippen MR) is 50.8 cm³/mol. The molecule has 1 nitrogen and oxygen atoms in total. The van der Waals surface area contributed by atoms with Gasteiger partial charge in [0.05, 0.1) is 10.0 Å². The van der Waals surface area contributed by atoms with Crippen molar-refractivity contribution in [3.63, 3.8) is 0 Å². The van der Waals surface area contributed by atoms with Gasteiger partial charge in [-0.25, -0.2) is 0 Å². The Bertz CT molecular complexity index is 320. The van der Waals surface area contributed by atoms with E-state index < -0.39 is 6.61 Å². The molecule has 0 aliphatic carbocycles. The lowest BCUT2D eigenvalue weighted by Crippen LogP contribution is -2.03. The van der Waals surface area contributed by atoms with Crippen molar-refractivity contribution in [2.45, 2.75) is 6.61 Å². The Morgan fingerprint density at radius 1 is 1.31 bits per heavy atom. The molecule has 1 rings (SSSR count). The molecule has 0 N–H and O–H groups in total. The molecule has 1 aromatic rings. The molecule has 0 aromatic heterocycles. The second-order valence-electron chi connectivity index (χ2n) is 2.05. The zero-order chi connectivity index (χ0) is 10.0. The molecule has 6 heteroatoms. The zero-order valence-corrected chi connectivity index (χ0v) is 9.13. The van der Waals surface area contributed by atoms with Crippen LogP contribution in [-0.2, 0) is 0 Å². The third kappa shape index (κ3) is 2.69. The molecule has 0 aliphatic rings. The van der Waals surface area contributed by atoms with Crippen LogP contribution in [0.2, 0.25) is 10.0 Å². The molecule has 0 saturated carbocycles. The maximum Gasteiger partial charge on any atom is 0.387 e. The van der Waals surface area contributed by atoms with Crippen LogP contribution in [0.1, 0.15) is 0 Å². The minimum absolute atomic E-state index is 0.0350. The number of alkyl halides is 2. The first kappa shape index (κ1) is 11.0. The Hall–Kier alpha value is -0.0600. The summed E-state index contributed by atoms with van der Waals surface area (Å²) < 4.78 is 28.3. The second kappa shape index (κ2) is 4.44. The quantitative estimate of drug-likeness (QED) is 0.736. The summed E-state index contributed by atoms with van der Waals surface area (Å²) in [6, 6.07) is 2.96. The Labute approximate surface area is 91.7 Å². The summed E-state index contributed by atoms with van der Waals surface area (Å²) >= 11 is 14.3. The van der Waals surface area contributed by atoms with Crippen molar-refractivity contribution in [2.75, 3.05) is 0 Å². The van der Waals surface area contributed by atoms with Gasteiger partial charge in [-0.3, -0.25) is 0 Å². The Kier molecular flexibility index (Phi) is 3.76. The Morgan fingerprint density at radius 3 is 2.46 bits per heavy atom. The number of hydrogen-bond donors (Lipinski definition) is 0. The fourth-order valence-corrected chi connectivity index (χ4v) is 1.48. The van der Waals surface area contributed by atoms with Gasteiger partial charge in [-0.15, -0.1) is 0 Å². The lowest BCUT2D eigenvalue weighted by atomic mass is 10.3. The molecule has 0 amide bonds. The van der Waals surface area contributed by atoms with Crippen molar-refractivity contribution in [3.8, 4) is 5.75 Å². The van der Waals surface area contributed by atoms with E-state index in [1.165, 1.54) is 6.07 Å². The van der Waals surface area contributed by atoms with E-state index in [9.17, 15) is 8.78 Å². The van der Waals surface area contributed by atoms with E-state index in [4.69, 9.17) is 23.2 Å². The van der Waals surface area contributed by atoms with E-state index >= 15 is 0 Å². The molecule has 13 heavy (non-hydrogen) atoms. The Morgan fingerprint density at radius 2 is 1.92 bits per heavy atom. The third-order valence-corrected chi connectivity index (χ3v) is 2.77. The monoisotopic (exact) mass is 290 g/mol. The summed E-state index contributed by atoms with van der Waals surface area (Å²) in [6.07, 6.45) is 0. The Balaban J connectivity index is 3.10. The van der Waals surface area contributed by atoms with Crippen LogP contribution in [0, 0.1) is 0 Å². The van der Waals surface area contributed by atoms with Crippen LogP contribution < -0.4 is 4.74 Å². The SMILES string of the molecule is FC(F)Oc1c(Cl)ccc(Br)c1Cl. The van der Waals surface area contributed by atoms with Crippen LogP contribution in [0.25, 0.3) is 0 Å². The minimum atomic E-state index is -2.94. The normalized spacial score (nSPS) is 10.6. The summed E-state index contributed by atoms with van der Waals surface area (Å²) in [6.45, 7) is -2.94. The molecular formula is C7H3BrCl2F2O. The van der Waals surface area contributed by atoms with Gasteiger partial charge in [0.1, 0.15) is 0 Å². The zero-order valence-electron chi connectivity index (χ0n) is 6.03. The largest absolute Gasteiger partial charge is 0.432 e. The first-order chi connectivity index (χ1) is 6.02. The van der Waals surface area contributed by atoms with Crippen molar-refractivity contribution in [3.05, 3.63) is 26.7 Å². The van der Waals surface area contributed by atoms with E-state index in [-0.39, 0.29) is 15.8 Å². The summed E-state index contributed by atoms with van der Waals surface area (Å²) in [4.78, 5) is 0. The van der Waals surface area contributed by atoms with Crippen LogP contribution in [-0.4, -0.2) is 6.61 Å². The second-order valence-corrected chi connectivity index (χ2v) is 3.69. The van der Waals surface area contributed by atoms with Crippen molar-refractivity contribution in [2.24, 2.45) is 0 Å². The van der Waals surface area contributed by atoms with Crippen molar-refractivity contribution in [1.82, 2.24) is 0 Å². The van der Waals surface area contributed by atoms with Crippen LogP contribution >= 0.6 is 39.1 Å². The van der Waals surface area contributed by atoms with E-state index in [1.54, 1.807) is 6.07 Å². The molecule has 1 aromatic carbocycles. The predicted octanol–water partition coefficient (Wildman–Crippen LogP) is 4.36. The molecule has 0 bridgehead atoms. The maximum atomic E-state index is 11.9. The number of halogens is 5. The van der Waals surface area contributed by atoms with Crippen LogP contribution in [0.3, 0.4) is 0 Å². The van der Waals surface area contributed by atoms with E-state index in [2.05, 4.69) is 20.7 Å². The van der Waals surface area contributed by atoms with Gasteiger partial charge in [-0.1, -0.05) is 23.2 Å². The molecule has 0 saturated heterocycles. The highest BCUT2D eigenvalue weighted by atomic mass is 79.9. The lowest BCUT2D eigenvalue weighted by molar-refractivity contribution is -0.0497. The average molecular weight is 292 g/mol. The summed E-state index contributed by atoms with van der Waals surface area (Å²) in [5.41, 5.74) is 0. The van der Waals surface area contributed by atoms with Crippen molar-refractivity contribution in [1.29, 1.82) is 0 Å². The molecule has 0 aliphatic heterocycles. The number of benzene rings is 1. The molecule has 0 spiro atoms. The number of rotatable bonds is 2. The summed E-state index contributed by atoms with van der Waals surface area (Å²) in [7, 11) is 0. The van der Waals surface area contributed by atoms with Gasteiger partial charge >= 0.3 is 6.61 Å². The average Bonchev–Trinajstić information content (AvgIpc) is 2.05. The molecule has 0 atom stereocenters. The topological polar surface area (TPSA) is 9.23 Å². The standard InChI is InChI=1S/C7H3BrCl2F2O/c8-3-1-2-4(9)6(5(3)10)13-7(11)12/h1-2,7H. The fraction of sp³-hybridized carbons (Fsp3) is 0.143. The lowest BCUT2D eigenvalue weighted by Gasteiger charge is -2.09. The first-order valence-electron chi connectivity index (χ1n) is 3.10. The van der Waals surface area contributed by atoms with Crippen molar-refractivity contribution < 1.29 is 13.5 Å².